The van der Waals surface area contributed by atoms with Gasteiger partial charge in [0.15, 0.2) is 9.84 Å². The zero-order chi connectivity index (χ0) is 19.1. The van der Waals surface area contributed by atoms with E-state index >= 15 is 0 Å². The lowest BCUT2D eigenvalue weighted by Gasteiger charge is -2.17. The van der Waals surface area contributed by atoms with E-state index in [1.165, 1.54) is 23.9 Å². The van der Waals surface area contributed by atoms with Gasteiger partial charge in [-0.15, -0.1) is 0 Å². The molecule has 0 aliphatic carbocycles. The van der Waals surface area contributed by atoms with Gasteiger partial charge in [-0.1, -0.05) is 11.6 Å². The fourth-order valence-corrected chi connectivity index (χ4v) is 3.72. The standard InChI is InChI=1S/C16H20ClN3O4S/c1-8(2)18-14-11(25(5,23)24)7-6-10(13(14)17)15(21)12-9(3)19-20(4)16(12)22/h6-8,18,22H,1-5H3. The van der Waals surface area contributed by atoms with Gasteiger partial charge >= 0.3 is 0 Å². The zero-order valence-electron chi connectivity index (χ0n) is 14.6. The summed E-state index contributed by atoms with van der Waals surface area (Å²) in [5, 5.41) is 17.0. The predicted octanol–water partition coefficient (Wildman–Crippen LogP) is 2.54. The van der Waals surface area contributed by atoms with Crippen molar-refractivity contribution in [2.45, 2.75) is 31.7 Å². The molecule has 0 bridgehead atoms. The number of aromatic nitrogens is 2. The second kappa shape index (κ2) is 6.68. The van der Waals surface area contributed by atoms with Gasteiger partial charge in [0.05, 0.1) is 21.3 Å². The average molecular weight is 386 g/mol. The summed E-state index contributed by atoms with van der Waals surface area (Å²) in [6, 6.07) is 2.58. The summed E-state index contributed by atoms with van der Waals surface area (Å²) in [6.07, 6.45) is 1.07. The number of carbonyl (C=O) groups excluding carboxylic acids is 1. The van der Waals surface area contributed by atoms with E-state index in [1.807, 2.05) is 13.8 Å². The predicted molar refractivity (Wildman–Crippen MR) is 96.4 cm³/mol. The van der Waals surface area contributed by atoms with Crippen LogP contribution in [-0.4, -0.2) is 41.4 Å². The van der Waals surface area contributed by atoms with Crippen LogP contribution < -0.4 is 5.32 Å². The van der Waals surface area contributed by atoms with Gasteiger partial charge in [0, 0.05) is 24.9 Å². The number of nitrogens with one attached hydrogen (secondary N) is 1. The maximum atomic E-state index is 12.8. The summed E-state index contributed by atoms with van der Waals surface area (Å²) >= 11 is 6.36. The third-order valence-corrected chi connectivity index (χ3v) is 5.13. The Bertz CT molecular complexity index is 949. The highest BCUT2D eigenvalue weighted by atomic mass is 35.5. The van der Waals surface area contributed by atoms with Crippen molar-refractivity contribution in [3.8, 4) is 5.88 Å². The molecule has 0 fully saturated rings. The lowest BCUT2D eigenvalue weighted by molar-refractivity contribution is 0.103. The Morgan fingerprint density at radius 3 is 2.40 bits per heavy atom. The highest BCUT2D eigenvalue weighted by Crippen LogP contribution is 2.36. The minimum Gasteiger partial charge on any atom is -0.493 e. The van der Waals surface area contributed by atoms with Crippen LogP contribution in [0.5, 0.6) is 5.88 Å². The molecule has 0 aliphatic rings. The smallest absolute Gasteiger partial charge is 0.220 e. The van der Waals surface area contributed by atoms with E-state index in [4.69, 9.17) is 11.6 Å². The van der Waals surface area contributed by atoms with Gasteiger partial charge in [-0.05, 0) is 32.9 Å². The van der Waals surface area contributed by atoms with Crippen LogP contribution in [0.25, 0.3) is 0 Å². The number of benzene rings is 1. The van der Waals surface area contributed by atoms with E-state index in [-0.39, 0.29) is 38.7 Å². The maximum absolute atomic E-state index is 12.8. The number of aromatic hydroxyl groups is 1. The number of carbonyl (C=O) groups is 1. The Morgan fingerprint density at radius 1 is 1.36 bits per heavy atom. The fraction of sp³-hybridized carbons (Fsp3) is 0.375. The molecule has 0 radical (unpaired) electrons. The second-order valence-corrected chi connectivity index (χ2v) is 8.47. The van der Waals surface area contributed by atoms with Gasteiger partial charge in [0.25, 0.3) is 0 Å². The Morgan fingerprint density at radius 2 is 1.96 bits per heavy atom. The number of sulfone groups is 1. The van der Waals surface area contributed by atoms with Crippen molar-refractivity contribution in [1.82, 2.24) is 9.78 Å². The summed E-state index contributed by atoms with van der Waals surface area (Å²) in [6.45, 7) is 5.25. The average Bonchev–Trinajstić information content (AvgIpc) is 2.72. The van der Waals surface area contributed by atoms with Crippen molar-refractivity contribution >= 4 is 32.9 Å². The Labute approximate surface area is 151 Å². The number of ketones is 1. The molecule has 2 rings (SSSR count). The van der Waals surface area contributed by atoms with E-state index < -0.39 is 15.6 Å². The minimum atomic E-state index is -3.54. The first-order chi connectivity index (χ1) is 11.4. The van der Waals surface area contributed by atoms with E-state index in [1.54, 1.807) is 6.92 Å². The molecule has 0 amide bonds. The molecule has 0 spiro atoms. The van der Waals surface area contributed by atoms with E-state index in [2.05, 4.69) is 10.4 Å². The van der Waals surface area contributed by atoms with Crippen molar-refractivity contribution in [3.63, 3.8) is 0 Å². The molecule has 0 unspecified atom stereocenters. The number of halogens is 1. The number of anilines is 1. The summed E-state index contributed by atoms with van der Waals surface area (Å²) in [7, 11) is -2.03. The number of hydrogen-bond donors (Lipinski definition) is 2. The molecule has 1 aromatic carbocycles. The molecular formula is C16H20ClN3O4S. The molecule has 7 nitrogen and oxygen atoms in total. The molecule has 2 aromatic rings. The number of rotatable bonds is 5. The van der Waals surface area contributed by atoms with Crippen molar-refractivity contribution in [3.05, 3.63) is 34.0 Å². The first-order valence-corrected chi connectivity index (χ1v) is 9.78. The van der Waals surface area contributed by atoms with Crippen LogP contribution in [0, 0.1) is 6.92 Å². The topological polar surface area (TPSA) is 101 Å². The normalized spacial score (nSPS) is 11.8. The lowest BCUT2D eigenvalue weighted by atomic mass is 10.0. The molecule has 0 aliphatic heterocycles. The Balaban J connectivity index is 2.69. The lowest BCUT2D eigenvalue weighted by Crippen LogP contribution is -2.15. The largest absolute Gasteiger partial charge is 0.493 e. The third kappa shape index (κ3) is 3.64. The van der Waals surface area contributed by atoms with Crippen molar-refractivity contribution in [2.24, 2.45) is 7.05 Å². The number of nitrogens with zero attached hydrogens (tertiary/aromatic N) is 2. The molecule has 25 heavy (non-hydrogen) atoms. The van der Waals surface area contributed by atoms with Crippen LogP contribution >= 0.6 is 11.6 Å². The maximum Gasteiger partial charge on any atom is 0.220 e. The summed E-state index contributed by atoms with van der Waals surface area (Å²) in [5.74, 6) is -0.802. The number of hydrogen-bond acceptors (Lipinski definition) is 6. The Hall–Kier alpha value is -2.06. The van der Waals surface area contributed by atoms with Gasteiger partial charge in [0.2, 0.25) is 11.7 Å². The van der Waals surface area contributed by atoms with Crippen LogP contribution in [0.4, 0.5) is 5.69 Å². The van der Waals surface area contributed by atoms with E-state index in [0.29, 0.717) is 5.69 Å². The molecule has 0 atom stereocenters. The van der Waals surface area contributed by atoms with E-state index in [9.17, 15) is 18.3 Å². The zero-order valence-corrected chi connectivity index (χ0v) is 16.2. The van der Waals surface area contributed by atoms with Crippen molar-refractivity contribution in [2.75, 3.05) is 11.6 Å². The molecule has 2 N–H and O–H groups in total. The van der Waals surface area contributed by atoms with Crippen LogP contribution in [0.3, 0.4) is 0 Å². The van der Waals surface area contributed by atoms with Gasteiger partial charge in [-0.3, -0.25) is 4.79 Å². The molecule has 0 saturated heterocycles. The molecule has 1 aromatic heterocycles. The van der Waals surface area contributed by atoms with Crippen molar-refractivity contribution in [1.29, 1.82) is 0 Å². The molecule has 136 valence electrons. The van der Waals surface area contributed by atoms with Gasteiger partial charge in [-0.25, -0.2) is 13.1 Å². The first-order valence-electron chi connectivity index (χ1n) is 7.51. The summed E-state index contributed by atoms with van der Waals surface area (Å²) < 4.78 is 25.2. The summed E-state index contributed by atoms with van der Waals surface area (Å²) in [5.41, 5.74) is 0.647. The second-order valence-electron chi connectivity index (χ2n) is 6.11. The number of aryl methyl sites for hydroxylation is 2. The van der Waals surface area contributed by atoms with Gasteiger partial charge in [-0.2, -0.15) is 5.10 Å². The van der Waals surface area contributed by atoms with Crippen LogP contribution in [0.15, 0.2) is 17.0 Å². The van der Waals surface area contributed by atoms with Gasteiger partial charge < -0.3 is 10.4 Å². The third-order valence-electron chi connectivity index (χ3n) is 3.60. The molecule has 9 heteroatoms. The quantitative estimate of drug-likeness (QED) is 0.767. The molecule has 1 heterocycles. The van der Waals surface area contributed by atoms with E-state index in [0.717, 1.165) is 6.26 Å². The molecule has 0 saturated carbocycles. The SMILES string of the molecule is Cc1nn(C)c(O)c1C(=O)c1ccc(S(C)(=O)=O)c(NC(C)C)c1Cl. The minimum absolute atomic E-state index is 0.00915. The monoisotopic (exact) mass is 385 g/mol. The van der Waals surface area contributed by atoms with Gasteiger partial charge in [0.1, 0.15) is 5.56 Å². The van der Waals surface area contributed by atoms with Crippen molar-refractivity contribution < 1.29 is 18.3 Å². The highest BCUT2D eigenvalue weighted by Gasteiger charge is 2.27. The summed E-state index contributed by atoms with van der Waals surface area (Å²) in [4.78, 5) is 12.9. The van der Waals surface area contributed by atoms with Crippen LogP contribution in [-0.2, 0) is 16.9 Å². The Kier molecular flexibility index (Phi) is 5.15. The molecular weight excluding hydrogens is 366 g/mol. The fourth-order valence-electron chi connectivity index (χ4n) is 2.51. The first kappa shape index (κ1) is 19.3. The highest BCUT2D eigenvalue weighted by molar-refractivity contribution is 7.90. The van der Waals surface area contributed by atoms with Crippen LogP contribution in [0.1, 0.15) is 35.5 Å². The van der Waals surface area contributed by atoms with Crippen LogP contribution in [0.2, 0.25) is 5.02 Å².